The Labute approximate surface area is 115 Å². The first-order valence-electron chi connectivity index (χ1n) is 7.84. The Morgan fingerprint density at radius 1 is 0.895 bits per heavy atom. The Balaban J connectivity index is 1.76. The van der Waals surface area contributed by atoms with Gasteiger partial charge in [-0.3, -0.25) is 0 Å². The maximum absolute atomic E-state index is 14.4. The third kappa shape index (κ3) is 3.00. The second-order valence-electron chi connectivity index (χ2n) is 6.14. The third-order valence-corrected chi connectivity index (χ3v) is 4.88. The Bertz CT molecular complexity index is 417. The molecule has 2 heteroatoms. The molecule has 1 aliphatic heterocycles. The monoisotopic (exact) mass is 261 g/mol. The number of halogens is 1. The molecule has 0 atom stereocenters. The molecule has 19 heavy (non-hydrogen) atoms. The summed E-state index contributed by atoms with van der Waals surface area (Å²) in [5.41, 5.74) is 2.18. The summed E-state index contributed by atoms with van der Waals surface area (Å²) in [5.74, 6) is 1.06. The number of piperidine rings is 1. The molecule has 1 saturated heterocycles. The minimum atomic E-state index is 0.0444. The average Bonchev–Trinajstić information content (AvgIpc) is 2.49. The summed E-state index contributed by atoms with van der Waals surface area (Å²) in [6, 6.07) is 6.08. The highest BCUT2D eigenvalue weighted by Gasteiger charge is 2.21. The molecule has 1 saturated carbocycles. The van der Waals surface area contributed by atoms with Crippen LogP contribution in [0.4, 0.5) is 4.39 Å². The molecular weight excluding hydrogens is 237 g/mol. The minimum absolute atomic E-state index is 0.0444. The lowest BCUT2D eigenvalue weighted by atomic mass is 9.82. The van der Waals surface area contributed by atoms with Crippen LogP contribution < -0.4 is 5.32 Å². The van der Waals surface area contributed by atoms with Gasteiger partial charge in [0.25, 0.3) is 0 Å². The van der Waals surface area contributed by atoms with Gasteiger partial charge in [0.15, 0.2) is 0 Å². The highest BCUT2D eigenvalue weighted by molar-refractivity contribution is 5.30. The van der Waals surface area contributed by atoms with E-state index in [9.17, 15) is 4.39 Å². The highest BCUT2D eigenvalue weighted by atomic mass is 19.1. The van der Waals surface area contributed by atoms with Crippen molar-refractivity contribution in [1.82, 2.24) is 5.32 Å². The number of hydrogen-bond acceptors (Lipinski definition) is 1. The summed E-state index contributed by atoms with van der Waals surface area (Å²) >= 11 is 0. The van der Waals surface area contributed by atoms with Gasteiger partial charge in [-0.1, -0.05) is 31.4 Å². The van der Waals surface area contributed by atoms with Crippen molar-refractivity contribution >= 4 is 0 Å². The van der Waals surface area contributed by atoms with Crippen LogP contribution in [0.25, 0.3) is 0 Å². The second-order valence-corrected chi connectivity index (χ2v) is 6.14. The number of hydrogen-bond donors (Lipinski definition) is 1. The van der Waals surface area contributed by atoms with E-state index in [1.807, 2.05) is 6.07 Å². The molecule has 1 N–H and O–H groups in total. The lowest BCUT2D eigenvalue weighted by Gasteiger charge is -2.25. The van der Waals surface area contributed by atoms with Crippen molar-refractivity contribution in [1.29, 1.82) is 0 Å². The molecule has 1 nitrogen and oxygen atoms in total. The molecule has 0 aromatic heterocycles. The van der Waals surface area contributed by atoms with Gasteiger partial charge in [0, 0.05) is 0 Å². The van der Waals surface area contributed by atoms with Crippen LogP contribution >= 0.6 is 0 Å². The van der Waals surface area contributed by atoms with Crippen LogP contribution in [0, 0.1) is 5.82 Å². The molecule has 1 aromatic carbocycles. The van der Waals surface area contributed by atoms with E-state index >= 15 is 0 Å². The van der Waals surface area contributed by atoms with Crippen LogP contribution in [0.3, 0.4) is 0 Å². The van der Waals surface area contributed by atoms with Gasteiger partial charge in [-0.25, -0.2) is 4.39 Å². The van der Waals surface area contributed by atoms with E-state index in [2.05, 4.69) is 17.4 Å². The predicted molar refractivity (Wildman–Crippen MR) is 77.1 cm³/mol. The van der Waals surface area contributed by atoms with E-state index < -0.39 is 0 Å². The standard InChI is InChI=1S/C17H24FN/c18-17-12-15(13-8-10-19-11-9-13)6-7-16(17)14-4-2-1-3-5-14/h6-7,12-14,19H,1-5,8-11H2. The number of rotatable bonds is 2. The molecule has 104 valence electrons. The average molecular weight is 261 g/mol. The molecule has 1 heterocycles. The van der Waals surface area contributed by atoms with E-state index in [-0.39, 0.29) is 5.82 Å². The van der Waals surface area contributed by atoms with Gasteiger partial charge in [0.2, 0.25) is 0 Å². The van der Waals surface area contributed by atoms with Crippen molar-refractivity contribution in [2.24, 2.45) is 0 Å². The van der Waals surface area contributed by atoms with Gasteiger partial charge < -0.3 is 5.32 Å². The van der Waals surface area contributed by atoms with E-state index in [4.69, 9.17) is 0 Å². The molecule has 2 aliphatic rings. The Kier molecular flexibility index (Phi) is 4.17. The fourth-order valence-corrected chi connectivity index (χ4v) is 3.70. The fourth-order valence-electron chi connectivity index (χ4n) is 3.70. The second kappa shape index (κ2) is 6.04. The Hall–Kier alpha value is -0.890. The largest absolute Gasteiger partial charge is 0.317 e. The van der Waals surface area contributed by atoms with E-state index in [1.165, 1.54) is 37.7 Å². The summed E-state index contributed by atoms with van der Waals surface area (Å²) in [5, 5.41) is 3.37. The zero-order chi connectivity index (χ0) is 13.1. The van der Waals surface area contributed by atoms with Crippen LogP contribution in [0.15, 0.2) is 18.2 Å². The van der Waals surface area contributed by atoms with E-state index in [1.54, 1.807) is 0 Å². The molecule has 0 radical (unpaired) electrons. The first kappa shape index (κ1) is 13.1. The van der Waals surface area contributed by atoms with E-state index in [0.29, 0.717) is 11.8 Å². The summed E-state index contributed by atoms with van der Waals surface area (Å²) in [6.07, 6.45) is 8.48. The first-order chi connectivity index (χ1) is 9.34. The highest BCUT2D eigenvalue weighted by Crippen LogP contribution is 2.35. The van der Waals surface area contributed by atoms with Crippen molar-refractivity contribution in [2.75, 3.05) is 13.1 Å². The predicted octanol–water partition coefficient (Wildman–Crippen LogP) is 4.34. The molecule has 3 rings (SSSR count). The van der Waals surface area contributed by atoms with Crippen molar-refractivity contribution in [3.05, 3.63) is 35.1 Å². The van der Waals surface area contributed by atoms with Gasteiger partial charge in [-0.15, -0.1) is 0 Å². The lowest BCUT2D eigenvalue weighted by molar-refractivity contribution is 0.427. The Morgan fingerprint density at radius 3 is 2.32 bits per heavy atom. The van der Waals surface area contributed by atoms with E-state index in [0.717, 1.165) is 31.5 Å². The van der Waals surface area contributed by atoms with Crippen LogP contribution in [-0.4, -0.2) is 13.1 Å². The third-order valence-electron chi connectivity index (χ3n) is 4.88. The van der Waals surface area contributed by atoms with Gasteiger partial charge in [-0.05, 0) is 67.8 Å². The zero-order valence-electron chi connectivity index (χ0n) is 11.6. The minimum Gasteiger partial charge on any atom is -0.317 e. The Morgan fingerprint density at radius 2 is 1.63 bits per heavy atom. The molecule has 1 aromatic rings. The van der Waals surface area contributed by atoms with Gasteiger partial charge in [0.1, 0.15) is 5.82 Å². The fraction of sp³-hybridized carbons (Fsp3) is 0.647. The lowest BCUT2D eigenvalue weighted by Crippen LogP contribution is -2.26. The number of benzene rings is 1. The summed E-state index contributed by atoms with van der Waals surface area (Å²) in [6.45, 7) is 2.13. The molecule has 0 spiro atoms. The molecule has 0 amide bonds. The smallest absolute Gasteiger partial charge is 0.126 e. The van der Waals surface area contributed by atoms with Gasteiger partial charge in [-0.2, -0.15) is 0 Å². The zero-order valence-corrected chi connectivity index (χ0v) is 11.6. The van der Waals surface area contributed by atoms with Gasteiger partial charge >= 0.3 is 0 Å². The van der Waals surface area contributed by atoms with Crippen LogP contribution in [0.5, 0.6) is 0 Å². The quantitative estimate of drug-likeness (QED) is 0.835. The van der Waals surface area contributed by atoms with Crippen molar-refractivity contribution in [2.45, 2.75) is 56.8 Å². The molecule has 2 fully saturated rings. The topological polar surface area (TPSA) is 12.0 Å². The maximum Gasteiger partial charge on any atom is 0.126 e. The molecular formula is C17H24FN. The summed E-state index contributed by atoms with van der Waals surface area (Å²) in [4.78, 5) is 0. The maximum atomic E-state index is 14.4. The molecule has 1 aliphatic carbocycles. The van der Waals surface area contributed by atoms with Crippen molar-refractivity contribution in [3.63, 3.8) is 0 Å². The summed E-state index contributed by atoms with van der Waals surface area (Å²) in [7, 11) is 0. The first-order valence-corrected chi connectivity index (χ1v) is 7.84. The van der Waals surface area contributed by atoms with Crippen molar-refractivity contribution in [3.8, 4) is 0 Å². The van der Waals surface area contributed by atoms with Gasteiger partial charge in [0.05, 0.1) is 0 Å². The SMILES string of the molecule is Fc1cc(C2CCNCC2)ccc1C1CCCCC1. The normalized spacial score (nSPS) is 22.6. The molecule has 0 unspecified atom stereocenters. The van der Waals surface area contributed by atoms with Crippen LogP contribution in [0.2, 0.25) is 0 Å². The molecule has 0 bridgehead atoms. The van der Waals surface area contributed by atoms with Crippen molar-refractivity contribution < 1.29 is 4.39 Å². The van der Waals surface area contributed by atoms with Crippen LogP contribution in [0.1, 0.15) is 67.9 Å². The summed E-state index contributed by atoms with van der Waals surface area (Å²) < 4.78 is 14.4. The van der Waals surface area contributed by atoms with Crippen LogP contribution in [-0.2, 0) is 0 Å². The number of nitrogens with one attached hydrogen (secondary N) is 1.